The van der Waals surface area contributed by atoms with E-state index >= 15 is 0 Å². The average molecular weight is 327 g/mol. The number of rotatable bonds is 5. The van der Waals surface area contributed by atoms with Gasteiger partial charge in [-0.05, 0) is 27.7 Å². The van der Waals surface area contributed by atoms with Crippen molar-refractivity contribution in [3.05, 3.63) is 28.7 Å². The maximum Gasteiger partial charge on any atom is 0.231 e. The summed E-state index contributed by atoms with van der Waals surface area (Å²) in [6, 6.07) is 0. The summed E-state index contributed by atoms with van der Waals surface area (Å²) in [5.41, 5.74) is 2.04. The van der Waals surface area contributed by atoms with Crippen LogP contribution in [0.2, 0.25) is 0 Å². The number of nitrogens with zero attached hydrogens (tertiary/aromatic N) is 4. The van der Waals surface area contributed by atoms with Crippen LogP contribution in [0.5, 0.6) is 0 Å². The van der Waals surface area contributed by atoms with Crippen molar-refractivity contribution >= 4 is 10.0 Å². The fourth-order valence-corrected chi connectivity index (χ4v) is 3.33. The first kappa shape index (κ1) is 16.6. The Labute approximate surface area is 130 Å². The largest absolute Gasteiger partial charge is 0.339 e. The summed E-state index contributed by atoms with van der Waals surface area (Å²) in [6.07, 6.45) is 1.56. The Kier molecular flexibility index (Phi) is 4.14. The number of hydrogen-bond donors (Lipinski definition) is 1. The first-order valence-electron chi connectivity index (χ1n) is 6.80. The van der Waals surface area contributed by atoms with Crippen molar-refractivity contribution in [1.29, 1.82) is 0 Å². The number of aromatic nitrogens is 4. The first-order valence-corrected chi connectivity index (χ1v) is 8.70. The Hall–Kier alpha value is -1.74. The van der Waals surface area contributed by atoms with Gasteiger partial charge in [0.15, 0.2) is 5.82 Å². The van der Waals surface area contributed by atoms with E-state index in [-0.39, 0.29) is 0 Å². The molecule has 0 aliphatic heterocycles. The molecular weight excluding hydrogens is 306 g/mol. The van der Waals surface area contributed by atoms with E-state index in [0.717, 1.165) is 23.2 Å². The molecule has 0 aromatic carbocycles. The predicted octanol–water partition coefficient (Wildman–Crippen LogP) is 0.795. The second kappa shape index (κ2) is 5.47. The maximum absolute atomic E-state index is 11.4. The van der Waals surface area contributed by atoms with Gasteiger partial charge in [0.05, 0.1) is 23.9 Å². The molecule has 0 amide bonds. The Morgan fingerprint density at radius 2 is 1.95 bits per heavy atom. The van der Waals surface area contributed by atoms with Gasteiger partial charge in [-0.2, -0.15) is 10.1 Å². The lowest BCUT2D eigenvalue weighted by atomic mass is 10.1. The molecule has 22 heavy (non-hydrogen) atoms. The molecule has 0 unspecified atom stereocenters. The van der Waals surface area contributed by atoms with Crippen molar-refractivity contribution in [3.8, 4) is 0 Å². The van der Waals surface area contributed by atoms with E-state index in [9.17, 15) is 8.42 Å². The fourth-order valence-electron chi connectivity index (χ4n) is 2.31. The summed E-state index contributed by atoms with van der Waals surface area (Å²) in [6.45, 7) is 7.27. The van der Waals surface area contributed by atoms with Crippen LogP contribution in [-0.4, -0.2) is 34.6 Å². The quantitative estimate of drug-likeness (QED) is 0.871. The third-order valence-electron chi connectivity index (χ3n) is 3.45. The molecule has 0 fully saturated rings. The van der Waals surface area contributed by atoms with E-state index in [1.54, 1.807) is 18.5 Å². The van der Waals surface area contributed by atoms with Crippen molar-refractivity contribution < 1.29 is 12.9 Å². The molecule has 0 radical (unpaired) electrons. The third kappa shape index (κ3) is 3.53. The van der Waals surface area contributed by atoms with E-state index in [2.05, 4.69) is 20.0 Å². The van der Waals surface area contributed by atoms with Gasteiger partial charge in [-0.3, -0.25) is 4.68 Å². The molecule has 8 nitrogen and oxygen atoms in total. The summed E-state index contributed by atoms with van der Waals surface area (Å²) >= 11 is 0. The van der Waals surface area contributed by atoms with Crippen LogP contribution in [0.1, 0.15) is 42.5 Å². The van der Waals surface area contributed by atoms with Crippen molar-refractivity contribution in [2.45, 2.75) is 39.7 Å². The monoisotopic (exact) mass is 327 g/mol. The van der Waals surface area contributed by atoms with E-state index in [1.165, 1.54) is 0 Å². The van der Waals surface area contributed by atoms with Gasteiger partial charge >= 0.3 is 0 Å². The predicted molar refractivity (Wildman–Crippen MR) is 80.8 cm³/mol. The molecule has 2 aromatic heterocycles. The van der Waals surface area contributed by atoms with Crippen molar-refractivity contribution in [3.63, 3.8) is 0 Å². The van der Waals surface area contributed by atoms with Crippen LogP contribution in [0.25, 0.3) is 0 Å². The third-order valence-corrected chi connectivity index (χ3v) is 4.34. The minimum atomic E-state index is -3.37. The van der Waals surface area contributed by atoms with Crippen molar-refractivity contribution in [2.75, 3.05) is 6.26 Å². The van der Waals surface area contributed by atoms with Crippen LogP contribution in [0, 0.1) is 13.8 Å². The molecule has 2 rings (SSSR count). The summed E-state index contributed by atoms with van der Waals surface area (Å²) in [7, 11) is -1.50. The number of nitrogens with one attached hydrogen (secondary N) is 1. The smallest absolute Gasteiger partial charge is 0.231 e. The minimum absolute atomic E-state index is 0.298. The molecule has 0 saturated carbocycles. The van der Waals surface area contributed by atoms with Gasteiger partial charge in [0.25, 0.3) is 0 Å². The molecule has 0 spiro atoms. The lowest BCUT2D eigenvalue weighted by Gasteiger charge is -2.20. The Bertz CT molecular complexity index is 789. The Morgan fingerprint density at radius 3 is 2.45 bits per heavy atom. The van der Waals surface area contributed by atoms with Gasteiger partial charge in [0.1, 0.15) is 0 Å². The highest BCUT2D eigenvalue weighted by atomic mass is 32.2. The summed E-state index contributed by atoms with van der Waals surface area (Å²) < 4.78 is 32.3. The van der Waals surface area contributed by atoms with E-state index < -0.39 is 15.6 Å². The van der Waals surface area contributed by atoms with Crippen LogP contribution >= 0.6 is 0 Å². The average Bonchev–Trinajstić information content (AvgIpc) is 2.88. The van der Waals surface area contributed by atoms with Gasteiger partial charge in [-0.15, -0.1) is 0 Å². The lowest BCUT2D eigenvalue weighted by molar-refractivity contribution is 0.358. The number of hydrogen-bond acceptors (Lipinski definition) is 6. The van der Waals surface area contributed by atoms with Crippen LogP contribution in [-0.2, 0) is 29.0 Å². The summed E-state index contributed by atoms with van der Waals surface area (Å²) in [5, 5.41) is 8.24. The zero-order valence-corrected chi connectivity index (χ0v) is 14.4. The van der Waals surface area contributed by atoms with Crippen LogP contribution in [0.4, 0.5) is 0 Å². The SMILES string of the molecule is Cc1nn(C)c(C)c1Cc1nc(C(C)(C)NS(C)(=O)=O)no1. The minimum Gasteiger partial charge on any atom is -0.339 e. The van der Waals surface area contributed by atoms with Crippen molar-refractivity contribution in [2.24, 2.45) is 7.05 Å². The van der Waals surface area contributed by atoms with E-state index in [4.69, 9.17) is 4.52 Å². The molecule has 122 valence electrons. The highest BCUT2D eigenvalue weighted by Gasteiger charge is 2.30. The summed E-state index contributed by atoms with van der Waals surface area (Å²) in [5.74, 6) is 0.727. The molecule has 0 aliphatic rings. The normalized spacial score (nSPS) is 12.8. The van der Waals surface area contributed by atoms with Crippen LogP contribution in [0.3, 0.4) is 0 Å². The number of aryl methyl sites for hydroxylation is 2. The second-order valence-electron chi connectivity index (χ2n) is 5.96. The molecular formula is C13H21N5O3S. The molecule has 9 heteroatoms. The topological polar surface area (TPSA) is 103 Å². The Balaban J connectivity index is 2.25. The van der Waals surface area contributed by atoms with E-state index in [1.807, 2.05) is 20.9 Å². The van der Waals surface area contributed by atoms with Gasteiger partial charge < -0.3 is 4.52 Å². The molecule has 2 aromatic rings. The fraction of sp³-hybridized carbons (Fsp3) is 0.615. The van der Waals surface area contributed by atoms with Gasteiger partial charge in [0.2, 0.25) is 15.9 Å². The van der Waals surface area contributed by atoms with Crippen LogP contribution < -0.4 is 4.72 Å². The standard InChI is InChI=1S/C13H21N5O3S/c1-8-10(9(2)18(5)15-8)7-11-14-12(16-21-11)13(3,4)17-22(6,19)20/h17H,7H2,1-6H3. The number of sulfonamides is 1. The lowest BCUT2D eigenvalue weighted by Crippen LogP contribution is -2.41. The van der Waals surface area contributed by atoms with Gasteiger partial charge in [0, 0.05) is 18.3 Å². The highest BCUT2D eigenvalue weighted by Crippen LogP contribution is 2.20. The van der Waals surface area contributed by atoms with Gasteiger partial charge in [-0.1, -0.05) is 5.16 Å². The molecule has 0 aliphatic carbocycles. The zero-order chi connectivity index (χ0) is 16.7. The molecule has 1 N–H and O–H groups in total. The zero-order valence-electron chi connectivity index (χ0n) is 13.6. The first-order chi connectivity index (χ1) is 9.99. The summed E-state index contributed by atoms with van der Waals surface area (Å²) in [4.78, 5) is 4.31. The maximum atomic E-state index is 11.4. The van der Waals surface area contributed by atoms with Gasteiger partial charge in [-0.25, -0.2) is 13.1 Å². The molecule has 0 atom stereocenters. The Morgan fingerprint density at radius 1 is 1.32 bits per heavy atom. The molecule has 0 bridgehead atoms. The van der Waals surface area contributed by atoms with Crippen molar-refractivity contribution in [1.82, 2.24) is 24.6 Å². The van der Waals surface area contributed by atoms with E-state index in [0.29, 0.717) is 18.1 Å². The second-order valence-corrected chi connectivity index (χ2v) is 7.71. The highest BCUT2D eigenvalue weighted by molar-refractivity contribution is 7.88. The van der Waals surface area contributed by atoms with Crippen LogP contribution in [0.15, 0.2) is 4.52 Å². The molecule has 2 heterocycles. The molecule has 0 saturated heterocycles.